The van der Waals surface area contributed by atoms with E-state index in [9.17, 15) is 9.59 Å². The average Bonchev–Trinajstić information content (AvgIpc) is 3.12. The maximum atomic E-state index is 13.6. The van der Waals surface area contributed by atoms with Crippen LogP contribution in [0.15, 0.2) is 28.0 Å². The molecule has 3 heterocycles. The third kappa shape index (κ3) is 5.80. The van der Waals surface area contributed by atoms with Crippen LogP contribution in [0.1, 0.15) is 82.8 Å². The van der Waals surface area contributed by atoms with Gasteiger partial charge in [-0.05, 0) is 49.8 Å². The molecule has 2 aromatic heterocycles. The second-order valence-electron chi connectivity index (χ2n) is 9.75. The maximum Gasteiger partial charge on any atom is 0.267 e. The van der Waals surface area contributed by atoms with Gasteiger partial charge in [0.1, 0.15) is 15.8 Å². The minimum absolute atomic E-state index is 0.104. The zero-order valence-electron chi connectivity index (χ0n) is 21.0. The third-order valence-corrected chi connectivity index (χ3v) is 8.54. The summed E-state index contributed by atoms with van der Waals surface area (Å²) in [4.78, 5) is 34.1. The molecule has 0 bridgehead atoms. The molecule has 1 amide bonds. The molecule has 188 valence electrons. The van der Waals surface area contributed by atoms with Crippen molar-refractivity contribution in [3.05, 3.63) is 44.7 Å². The minimum Gasteiger partial charge on any atom is -0.367 e. The van der Waals surface area contributed by atoms with E-state index in [1.54, 1.807) is 21.6 Å². The summed E-state index contributed by atoms with van der Waals surface area (Å²) < 4.78 is 2.15. The first-order valence-corrected chi connectivity index (χ1v) is 14.2. The number of anilines is 1. The lowest BCUT2D eigenvalue weighted by Gasteiger charge is -2.24. The van der Waals surface area contributed by atoms with E-state index in [2.05, 4.69) is 19.2 Å². The van der Waals surface area contributed by atoms with Gasteiger partial charge >= 0.3 is 0 Å². The van der Waals surface area contributed by atoms with E-state index in [0.717, 1.165) is 44.1 Å². The summed E-state index contributed by atoms with van der Waals surface area (Å²) in [5.41, 5.74) is 1.84. The van der Waals surface area contributed by atoms with Crippen molar-refractivity contribution in [2.75, 3.05) is 11.9 Å². The van der Waals surface area contributed by atoms with Crippen LogP contribution in [0.5, 0.6) is 0 Å². The predicted octanol–water partition coefficient (Wildman–Crippen LogP) is 6.17. The highest BCUT2D eigenvalue weighted by atomic mass is 32.2. The van der Waals surface area contributed by atoms with Crippen LogP contribution in [-0.2, 0) is 4.79 Å². The van der Waals surface area contributed by atoms with E-state index >= 15 is 0 Å². The van der Waals surface area contributed by atoms with Crippen molar-refractivity contribution in [2.45, 2.75) is 84.6 Å². The Morgan fingerprint density at radius 1 is 1.26 bits per heavy atom. The number of nitrogens with one attached hydrogen (secondary N) is 1. The Labute approximate surface area is 217 Å². The van der Waals surface area contributed by atoms with E-state index in [1.165, 1.54) is 31.0 Å². The molecular formula is C27H36N4O2S2. The number of rotatable bonds is 9. The van der Waals surface area contributed by atoms with Gasteiger partial charge in [0.15, 0.2) is 0 Å². The Bertz CT molecular complexity index is 1180. The number of hydrogen-bond acceptors (Lipinski definition) is 6. The Hall–Kier alpha value is -2.19. The fourth-order valence-corrected chi connectivity index (χ4v) is 6.21. The summed E-state index contributed by atoms with van der Waals surface area (Å²) in [6.07, 6.45) is 13.6. The molecule has 6 nitrogen and oxygen atoms in total. The topological polar surface area (TPSA) is 66.7 Å². The van der Waals surface area contributed by atoms with Gasteiger partial charge in [0.05, 0.1) is 10.5 Å². The number of carbonyl (C=O) groups excluding carboxylic acids is 1. The molecule has 1 saturated carbocycles. The quantitative estimate of drug-likeness (QED) is 0.320. The third-order valence-electron chi connectivity index (χ3n) is 7.16. The second kappa shape index (κ2) is 11.7. The standard InChI is InChI=1S/C27H36N4O2S2/c1-4-6-12-19(5-2)17-31-26(33)22(35-27(31)34)16-21-23(28-20-13-8-7-9-14-20)29-24-18(3)11-10-15-30(24)25(21)32/h10-11,15-16,19-20,28H,4-9,12-14,17H2,1-3H3/b22-16+. The van der Waals surface area contributed by atoms with Crippen LogP contribution in [-0.4, -0.2) is 37.1 Å². The largest absolute Gasteiger partial charge is 0.367 e. The van der Waals surface area contributed by atoms with Crippen molar-refractivity contribution in [2.24, 2.45) is 5.92 Å². The number of unbranched alkanes of at least 4 members (excludes halogenated alkanes) is 1. The van der Waals surface area contributed by atoms with Gasteiger partial charge < -0.3 is 5.32 Å². The van der Waals surface area contributed by atoms with E-state index < -0.39 is 0 Å². The highest BCUT2D eigenvalue weighted by molar-refractivity contribution is 8.26. The summed E-state index contributed by atoms with van der Waals surface area (Å²) in [6.45, 7) is 6.95. The molecule has 1 aliphatic carbocycles. The molecule has 1 atom stereocenters. The van der Waals surface area contributed by atoms with Gasteiger partial charge in [0.25, 0.3) is 11.5 Å². The number of pyridine rings is 1. The summed E-state index contributed by atoms with van der Waals surface area (Å²) in [5.74, 6) is 0.888. The van der Waals surface area contributed by atoms with Crippen molar-refractivity contribution in [3.63, 3.8) is 0 Å². The lowest BCUT2D eigenvalue weighted by molar-refractivity contribution is -0.122. The Morgan fingerprint density at radius 3 is 2.74 bits per heavy atom. The van der Waals surface area contributed by atoms with Gasteiger partial charge in [-0.3, -0.25) is 18.9 Å². The number of aryl methyl sites for hydroxylation is 1. The number of fused-ring (bicyclic) bond motifs is 1. The van der Waals surface area contributed by atoms with Crippen LogP contribution in [0.25, 0.3) is 11.7 Å². The fraction of sp³-hybridized carbons (Fsp3) is 0.556. The van der Waals surface area contributed by atoms with Crippen LogP contribution in [0, 0.1) is 12.8 Å². The summed E-state index contributed by atoms with van der Waals surface area (Å²) in [6, 6.07) is 4.09. The van der Waals surface area contributed by atoms with Crippen LogP contribution in [0.2, 0.25) is 0 Å². The van der Waals surface area contributed by atoms with E-state index in [1.807, 2.05) is 19.1 Å². The molecule has 1 unspecified atom stereocenters. The number of aromatic nitrogens is 2. The van der Waals surface area contributed by atoms with Crippen LogP contribution in [0.3, 0.4) is 0 Å². The smallest absolute Gasteiger partial charge is 0.267 e. The first-order chi connectivity index (χ1) is 16.9. The van der Waals surface area contributed by atoms with Gasteiger partial charge in [-0.2, -0.15) is 0 Å². The molecule has 2 fully saturated rings. The molecule has 2 aliphatic rings. The maximum absolute atomic E-state index is 13.6. The van der Waals surface area contributed by atoms with Gasteiger partial charge in [0.2, 0.25) is 0 Å². The summed E-state index contributed by atoms with van der Waals surface area (Å²) in [7, 11) is 0. The minimum atomic E-state index is -0.170. The van der Waals surface area contributed by atoms with Crippen molar-refractivity contribution < 1.29 is 4.79 Å². The summed E-state index contributed by atoms with van der Waals surface area (Å²) >= 11 is 6.88. The number of thioether (sulfide) groups is 1. The molecular weight excluding hydrogens is 476 g/mol. The lowest BCUT2D eigenvalue weighted by atomic mass is 9.95. The van der Waals surface area contributed by atoms with E-state index in [4.69, 9.17) is 17.2 Å². The van der Waals surface area contributed by atoms with Crippen LogP contribution in [0.4, 0.5) is 5.82 Å². The lowest BCUT2D eigenvalue weighted by Crippen LogP contribution is -2.33. The molecule has 1 N–H and O–H groups in total. The molecule has 0 radical (unpaired) electrons. The average molecular weight is 513 g/mol. The normalized spacial score (nSPS) is 19.2. The molecule has 2 aromatic rings. The number of nitrogens with zero attached hydrogens (tertiary/aromatic N) is 3. The fourth-order valence-electron chi connectivity index (χ4n) is 4.96. The number of carbonyl (C=O) groups is 1. The number of thiocarbonyl (C=S) groups is 1. The SMILES string of the molecule is CCCCC(CC)CN1C(=O)/C(=C\c2c(NC3CCCCC3)nc3c(C)cccn3c2=O)SC1=S. The van der Waals surface area contributed by atoms with Crippen molar-refractivity contribution >= 4 is 51.7 Å². The zero-order chi connectivity index (χ0) is 24.9. The first-order valence-electron chi connectivity index (χ1n) is 13.0. The van der Waals surface area contributed by atoms with Gasteiger partial charge in [-0.1, -0.05) is 82.4 Å². The van der Waals surface area contributed by atoms with E-state index in [-0.39, 0.29) is 17.5 Å². The molecule has 1 aliphatic heterocycles. The Kier molecular flexibility index (Phi) is 8.65. The van der Waals surface area contributed by atoms with Gasteiger partial charge in [-0.15, -0.1) is 0 Å². The van der Waals surface area contributed by atoms with Crippen LogP contribution < -0.4 is 10.9 Å². The van der Waals surface area contributed by atoms with Gasteiger partial charge in [0, 0.05) is 18.8 Å². The number of amides is 1. The molecule has 35 heavy (non-hydrogen) atoms. The summed E-state index contributed by atoms with van der Waals surface area (Å²) in [5, 5.41) is 3.55. The molecule has 0 spiro atoms. The molecule has 4 rings (SSSR count). The van der Waals surface area contributed by atoms with E-state index in [0.29, 0.717) is 38.7 Å². The second-order valence-corrected chi connectivity index (χ2v) is 11.4. The monoisotopic (exact) mass is 512 g/mol. The molecule has 0 aromatic carbocycles. The van der Waals surface area contributed by atoms with Gasteiger partial charge in [-0.25, -0.2) is 4.98 Å². The first kappa shape index (κ1) is 25.9. The highest BCUT2D eigenvalue weighted by Crippen LogP contribution is 2.34. The molecule has 1 saturated heterocycles. The predicted molar refractivity (Wildman–Crippen MR) is 150 cm³/mol. The van der Waals surface area contributed by atoms with Crippen molar-refractivity contribution in [1.29, 1.82) is 0 Å². The molecule has 8 heteroatoms. The highest BCUT2D eigenvalue weighted by Gasteiger charge is 2.34. The van der Waals surface area contributed by atoms with Crippen molar-refractivity contribution in [1.82, 2.24) is 14.3 Å². The Morgan fingerprint density at radius 2 is 2.03 bits per heavy atom. The number of hydrogen-bond donors (Lipinski definition) is 1. The Balaban J connectivity index is 1.70. The van der Waals surface area contributed by atoms with Crippen molar-refractivity contribution in [3.8, 4) is 0 Å². The van der Waals surface area contributed by atoms with Crippen LogP contribution >= 0.6 is 24.0 Å². The zero-order valence-corrected chi connectivity index (χ0v) is 22.6.